The van der Waals surface area contributed by atoms with Gasteiger partial charge >= 0.3 is 0 Å². The number of aliphatic hydroxyl groups is 1. The van der Waals surface area contributed by atoms with Gasteiger partial charge in [-0.1, -0.05) is 23.4 Å². The number of nitrogens with one attached hydrogen (secondary N) is 1. The standard InChI is InChI=1S/C13H9ClN2O2S/c14-10-3-4-12(15-7-10)16-13(18)9-6-11(19-8-9)2-1-5-17/h3-4,6-8,17H,5H2,(H,15,16,18). The first kappa shape index (κ1) is 13.6. The molecule has 0 aliphatic heterocycles. The first-order valence-electron chi connectivity index (χ1n) is 5.30. The summed E-state index contributed by atoms with van der Waals surface area (Å²) in [5, 5.41) is 13.5. The number of anilines is 1. The maximum atomic E-state index is 11.9. The smallest absolute Gasteiger partial charge is 0.257 e. The SMILES string of the molecule is O=C(Nc1ccc(Cl)cn1)c1csc(C#CCO)c1. The lowest BCUT2D eigenvalue weighted by atomic mass is 10.3. The van der Waals surface area contributed by atoms with E-state index < -0.39 is 0 Å². The molecular formula is C13H9ClN2O2S. The Morgan fingerprint density at radius 2 is 2.37 bits per heavy atom. The van der Waals surface area contributed by atoms with Crippen molar-refractivity contribution in [3.05, 3.63) is 45.2 Å². The Morgan fingerprint density at radius 1 is 1.53 bits per heavy atom. The zero-order valence-electron chi connectivity index (χ0n) is 9.68. The zero-order chi connectivity index (χ0) is 13.7. The van der Waals surface area contributed by atoms with Gasteiger partial charge in [0.2, 0.25) is 0 Å². The zero-order valence-corrected chi connectivity index (χ0v) is 11.3. The van der Waals surface area contributed by atoms with Crippen LogP contribution in [0.2, 0.25) is 5.02 Å². The molecule has 2 heterocycles. The monoisotopic (exact) mass is 292 g/mol. The molecule has 0 unspecified atom stereocenters. The first-order valence-corrected chi connectivity index (χ1v) is 6.56. The first-order chi connectivity index (χ1) is 9.19. The van der Waals surface area contributed by atoms with Crippen LogP contribution in [-0.2, 0) is 0 Å². The molecule has 6 heteroatoms. The van der Waals surface area contributed by atoms with Crippen LogP contribution in [0.4, 0.5) is 5.82 Å². The third-order valence-electron chi connectivity index (χ3n) is 2.12. The van der Waals surface area contributed by atoms with Gasteiger partial charge in [0.15, 0.2) is 0 Å². The quantitative estimate of drug-likeness (QED) is 0.836. The molecular weight excluding hydrogens is 284 g/mol. The lowest BCUT2D eigenvalue weighted by Crippen LogP contribution is -2.11. The topological polar surface area (TPSA) is 62.2 Å². The number of aromatic nitrogens is 1. The highest BCUT2D eigenvalue weighted by atomic mass is 35.5. The van der Waals surface area contributed by atoms with E-state index in [1.54, 1.807) is 23.6 Å². The van der Waals surface area contributed by atoms with Gasteiger partial charge in [0.1, 0.15) is 12.4 Å². The summed E-state index contributed by atoms with van der Waals surface area (Å²) in [6.07, 6.45) is 1.46. The predicted molar refractivity (Wildman–Crippen MR) is 75.5 cm³/mol. The highest BCUT2D eigenvalue weighted by molar-refractivity contribution is 7.10. The van der Waals surface area contributed by atoms with Crippen molar-refractivity contribution >= 4 is 34.7 Å². The molecule has 2 aromatic rings. The Bertz CT molecular complexity index is 641. The van der Waals surface area contributed by atoms with Crippen molar-refractivity contribution in [3.8, 4) is 11.8 Å². The van der Waals surface area contributed by atoms with E-state index in [2.05, 4.69) is 22.1 Å². The molecule has 0 bridgehead atoms. The molecule has 0 saturated heterocycles. The van der Waals surface area contributed by atoms with Crippen molar-refractivity contribution in [2.75, 3.05) is 11.9 Å². The van der Waals surface area contributed by atoms with Crippen LogP contribution in [0, 0.1) is 11.8 Å². The molecule has 0 aromatic carbocycles. The van der Waals surface area contributed by atoms with Crippen molar-refractivity contribution in [1.29, 1.82) is 0 Å². The number of pyridine rings is 1. The third kappa shape index (κ3) is 3.80. The molecule has 0 saturated carbocycles. The molecule has 1 amide bonds. The Kier molecular flexibility index (Phi) is 4.53. The van der Waals surface area contributed by atoms with E-state index in [9.17, 15) is 4.79 Å². The number of hydrogen-bond acceptors (Lipinski definition) is 4. The molecule has 96 valence electrons. The van der Waals surface area contributed by atoms with Gasteiger partial charge in [-0.15, -0.1) is 11.3 Å². The Labute approximate surface area is 119 Å². The van der Waals surface area contributed by atoms with Gasteiger partial charge in [0.25, 0.3) is 5.91 Å². The summed E-state index contributed by atoms with van der Waals surface area (Å²) < 4.78 is 0. The van der Waals surface area contributed by atoms with Gasteiger partial charge in [-0.3, -0.25) is 4.79 Å². The van der Waals surface area contributed by atoms with E-state index in [1.807, 2.05) is 0 Å². The fourth-order valence-corrected chi connectivity index (χ4v) is 2.15. The largest absolute Gasteiger partial charge is 0.384 e. The van der Waals surface area contributed by atoms with Gasteiger partial charge < -0.3 is 10.4 Å². The van der Waals surface area contributed by atoms with Crippen LogP contribution in [0.25, 0.3) is 0 Å². The van der Waals surface area contributed by atoms with Crippen LogP contribution in [0.5, 0.6) is 0 Å². The van der Waals surface area contributed by atoms with E-state index in [1.165, 1.54) is 17.5 Å². The fraction of sp³-hybridized carbons (Fsp3) is 0.0769. The van der Waals surface area contributed by atoms with Crippen LogP contribution in [0.1, 0.15) is 15.2 Å². The number of carbonyl (C=O) groups excluding carboxylic acids is 1. The number of rotatable bonds is 2. The highest BCUT2D eigenvalue weighted by Gasteiger charge is 2.08. The van der Waals surface area contributed by atoms with Gasteiger partial charge in [0.05, 0.1) is 15.5 Å². The molecule has 0 aliphatic carbocycles. The van der Waals surface area contributed by atoms with Crippen LogP contribution < -0.4 is 5.32 Å². The van der Waals surface area contributed by atoms with E-state index in [0.717, 1.165) is 4.88 Å². The maximum Gasteiger partial charge on any atom is 0.257 e. The lowest BCUT2D eigenvalue weighted by Gasteiger charge is -2.01. The van der Waals surface area contributed by atoms with Crippen LogP contribution in [0.15, 0.2) is 29.8 Å². The minimum absolute atomic E-state index is 0.200. The van der Waals surface area contributed by atoms with Crippen molar-refractivity contribution in [2.45, 2.75) is 0 Å². The van der Waals surface area contributed by atoms with Gasteiger partial charge in [-0.25, -0.2) is 4.98 Å². The Morgan fingerprint density at radius 3 is 3.05 bits per heavy atom. The normalized spacial score (nSPS) is 9.58. The fourth-order valence-electron chi connectivity index (χ4n) is 1.29. The van der Waals surface area contributed by atoms with Crippen LogP contribution in [-0.4, -0.2) is 22.6 Å². The number of carbonyl (C=O) groups is 1. The highest BCUT2D eigenvalue weighted by Crippen LogP contribution is 2.16. The second kappa shape index (κ2) is 6.34. The number of hydrogen-bond donors (Lipinski definition) is 2. The van der Waals surface area contributed by atoms with Crippen molar-refractivity contribution < 1.29 is 9.90 Å². The third-order valence-corrected chi connectivity index (χ3v) is 3.19. The van der Waals surface area contributed by atoms with E-state index in [-0.39, 0.29) is 12.5 Å². The number of halogens is 1. The second-order valence-corrected chi connectivity index (χ2v) is 4.82. The van der Waals surface area contributed by atoms with Gasteiger partial charge in [-0.2, -0.15) is 0 Å². The summed E-state index contributed by atoms with van der Waals surface area (Å²) in [5.74, 6) is 5.45. The summed E-state index contributed by atoms with van der Waals surface area (Å²) in [5.41, 5.74) is 0.504. The molecule has 2 rings (SSSR count). The molecule has 0 spiro atoms. The Hall–Kier alpha value is -1.87. The summed E-state index contributed by atoms with van der Waals surface area (Å²) >= 11 is 7.05. The van der Waals surface area contributed by atoms with E-state index in [0.29, 0.717) is 16.4 Å². The summed E-state index contributed by atoms with van der Waals surface area (Å²) in [4.78, 5) is 16.6. The molecule has 4 nitrogen and oxygen atoms in total. The number of thiophene rings is 1. The molecule has 0 aliphatic rings. The van der Waals surface area contributed by atoms with Gasteiger partial charge in [0, 0.05) is 11.6 Å². The second-order valence-electron chi connectivity index (χ2n) is 3.48. The van der Waals surface area contributed by atoms with Crippen LogP contribution in [0.3, 0.4) is 0 Å². The van der Waals surface area contributed by atoms with Gasteiger partial charge in [-0.05, 0) is 18.2 Å². The summed E-state index contributed by atoms with van der Waals surface area (Å²) in [6.45, 7) is -0.200. The van der Waals surface area contributed by atoms with Crippen LogP contribution >= 0.6 is 22.9 Å². The van der Waals surface area contributed by atoms with Crippen molar-refractivity contribution in [1.82, 2.24) is 4.98 Å². The number of aliphatic hydroxyl groups excluding tert-OH is 1. The predicted octanol–water partition coefficient (Wildman–Crippen LogP) is 2.39. The Balaban J connectivity index is 2.07. The molecule has 0 fully saturated rings. The molecule has 0 radical (unpaired) electrons. The van der Waals surface area contributed by atoms with Crippen molar-refractivity contribution in [2.24, 2.45) is 0 Å². The molecule has 0 atom stereocenters. The molecule has 2 aromatic heterocycles. The molecule has 2 N–H and O–H groups in total. The van der Waals surface area contributed by atoms with E-state index in [4.69, 9.17) is 16.7 Å². The van der Waals surface area contributed by atoms with Crippen molar-refractivity contribution in [3.63, 3.8) is 0 Å². The summed E-state index contributed by atoms with van der Waals surface area (Å²) in [6, 6.07) is 4.94. The number of nitrogens with zero attached hydrogens (tertiary/aromatic N) is 1. The average Bonchev–Trinajstić information content (AvgIpc) is 2.88. The minimum atomic E-state index is -0.261. The van der Waals surface area contributed by atoms with E-state index >= 15 is 0 Å². The average molecular weight is 293 g/mol. The lowest BCUT2D eigenvalue weighted by molar-refractivity contribution is 0.102. The number of amides is 1. The minimum Gasteiger partial charge on any atom is -0.384 e. The maximum absolute atomic E-state index is 11.9. The molecule has 19 heavy (non-hydrogen) atoms. The summed E-state index contributed by atoms with van der Waals surface area (Å²) in [7, 11) is 0.